The van der Waals surface area contributed by atoms with Crippen molar-refractivity contribution in [2.75, 3.05) is 5.32 Å². The Balaban J connectivity index is 1.35. The van der Waals surface area contributed by atoms with Crippen molar-refractivity contribution in [1.82, 2.24) is 20.6 Å². The van der Waals surface area contributed by atoms with Gasteiger partial charge in [-0.3, -0.25) is 14.6 Å². The highest BCUT2D eigenvalue weighted by Crippen LogP contribution is 2.28. The predicted molar refractivity (Wildman–Crippen MR) is 122 cm³/mol. The van der Waals surface area contributed by atoms with E-state index < -0.39 is 6.04 Å². The van der Waals surface area contributed by atoms with E-state index >= 15 is 0 Å². The molecule has 1 unspecified atom stereocenters. The van der Waals surface area contributed by atoms with Gasteiger partial charge in [0.05, 0.1) is 29.6 Å². The zero-order valence-corrected chi connectivity index (χ0v) is 19.0. The van der Waals surface area contributed by atoms with Crippen molar-refractivity contribution in [3.63, 3.8) is 0 Å². The van der Waals surface area contributed by atoms with Crippen molar-refractivity contribution >= 4 is 40.4 Å². The highest BCUT2D eigenvalue weighted by molar-refractivity contribution is 7.13. The molecular formula is C22H28ClN5O2S. The summed E-state index contributed by atoms with van der Waals surface area (Å²) in [5.41, 5.74) is 0.790. The molecule has 2 saturated carbocycles. The van der Waals surface area contributed by atoms with E-state index in [0.717, 1.165) is 36.4 Å². The van der Waals surface area contributed by atoms with Crippen LogP contribution < -0.4 is 16.0 Å². The van der Waals surface area contributed by atoms with Gasteiger partial charge < -0.3 is 16.0 Å². The average molecular weight is 462 g/mol. The maximum atomic E-state index is 12.9. The van der Waals surface area contributed by atoms with E-state index in [-0.39, 0.29) is 17.9 Å². The van der Waals surface area contributed by atoms with E-state index in [4.69, 9.17) is 11.6 Å². The van der Waals surface area contributed by atoms with Crippen LogP contribution in [0, 0.1) is 5.92 Å². The third-order valence-corrected chi connectivity index (χ3v) is 6.97. The molecule has 2 aliphatic carbocycles. The molecule has 0 radical (unpaired) electrons. The molecule has 0 saturated heterocycles. The first kappa shape index (κ1) is 22.0. The summed E-state index contributed by atoms with van der Waals surface area (Å²) in [7, 11) is 0. The van der Waals surface area contributed by atoms with Crippen molar-refractivity contribution in [3.8, 4) is 0 Å². The van der Waals surface area contributed by atoms with E-state index in [1.54, 1.807) is 24.7 Å². The summed E-state index contributed by atoms with van der Waals surface area (Å²) in [6.07, 6.45) is 13.6. The maximum Gasteiger partial charge on any atom is 0.263 e. The Morgan fingerprint density at radius 2 is 1.94 bits per heavy atom. The highest BCUT2D eigenvalue weighted by Gasteiger charge is 2.31. The van der Waals surface area contributed by atoms with Gasteiger partial charge in [-0.25, -0.2) is 4.98 Å². The summed E-state index contributed by atoms with van der Waals surface area (Å²) in [5, 5.41) is 10.6. The second-order valence-corrected chi connectivity index (χ2v) is 9.96. The Morgan fingerprint density at radius 3 is 2.68 bits per heavy atom. The van der Waals surface area contributed by atoms with Gasteiger partial charge in [-0.05, 0) is 31.2 Å². The van der Waals surface area contributed by atoms with Crippen molar-refractivity contribution in [2.45, 2.75) is 70.0 Å². The van der Waals surface area contributed by atoms with Gasteiger partial charge in [0.2, 0.25) is 5.91 Å². The number of anilines is 1. The largest absolute Gasteiger partial charge is 0.377 e. The molecule has 2 aromatic heterocycles. The zero-order valence-electron chi connectivity index (χ0n) is 17.4. The van der Waals surface area contributed by atoms with Crippen molar-refractivity contribution in [3.05, 3.63) is 39.6 Å². The molecule has 0 spiro atoms. The van der Waals surface area contributed by atoms with Crippen LogP contribution in [-0.4, -0.2) is 33.9 Å². The van der Waals surface area contributed by atoms with Crippen LogP contribution in [0.4, 0.5) is 5.69 Å². The van der Waals surface area contributed by atoms with E-state index in [1.165, 1.54) is 30.6 Å². The molecule has 0 aliphatic heterocycles. The van der Waals surface area contributed by atoms with Crippen LogP contribution in [0.2, 0.25) is 5.02 Å². The minimum absolute atomic E-state index is 0.0544. The van der Waals surface area contributed by atoms with Crippen LogP contribution in [0.15, 0.2) is 24.7 Å². The molecule has 2 aliphatic rings. The maximum absolute atomic E-state index is 12.9. The normalized spacial score (nSPS) is 17.7. The van der Waals surface area contributed by atoms with Crippen LogP contribution in [-0.2, 0) is 11.3 Å². The smallest absolute Gasteiger partial charge is 0.263 e. The Hall–Kier alpha value is -2.19. The Bertz CT molecular complexity index is 911. The fourth-order valence-corrected chi connectivity index (χ4v) is 4.86. The Morgan fingerprint density at radius 1 is 1.13 bits per heavy atom. The number of hydrogen-bond acceptors (Lipinski definition) is 6. The number of hydrogen-bond donors (Lipinski definition) is 3. The van der Waals surface area contributed by atoms with Gasteiger partial charge in [0.15, 0.2) is 0 Å². The summed E-state index contributed by atoms with van der Waals surface area (Å²) in [4.78, 5) is 34.5. The number of thiazole rings is 1. The molecule has 2 amide bonds. The Labute approximate surface area is 191 Å². The number of carbonyl (C=O) groups excluding carboxylic acids is 2. The topological polar surface area (TPSA) is 96.0 Å². The monoisotopic (exact) mass is 461 g/mol. The molecule has 9 heteroatoms. The molecule has 3 N–H and O–H groups in total. The third kappa shape index (κ3) is 6.64. The van der Waals surface area contributed by atoms with Gasteiger partial charge in [0.1, 0.15) is 15.9 Å². The van der Waals surface area contributed by atoms with Crippen LogP contribution in [0.1, 0.15) is 66.0 Å². The molecule has 166 valence electrons. The number of aromatic nitrogens is 2. The lowest BCUT2D eigenvalue weighted by atomic mass is 9.84. The molecule has 0 aromatic carbocycles. The minimum Gasteiger partial charge on any atom is -0.377 e. The SMILES string of the molecule is O=C(NC(CC1CCCCC1)C(=O)NC1CC1)c1cnc(CNc2cncc(Cl)c2)s1. The molecule has 2 aromatic rings. The second kappa shape index (κ2) is 10.4. The third-order valence-electron chi connectivity index (χ3n) is 5.77. The quantitative estimate of drug-likeness (QED) is 0.521. The van der Waals surface area contributed by atoms with Crippen LogP contribution in [0.5, 0.6) is 0 Å². The fourth-order valence-electron chi connectivity index (χ4n) is 3.93. The number of rotatable bonds is 9. The van der Waals surface area contributed by atoms with Gasteiger partial charge in [0.25, 0.3) is 5.91 Å². The van der Waals surface area contributed by atoms with Crippen LogP contribution >= 0.6 is 22.9 Å². The number of pyridine rings is 1. The van der Waals surface area contributed by atoms with E-state index in [2.05, 4.69) is 25.9 Å². The standard InChI is InChI=1S/C22H28ClN5O2S/c23-15-9-17(11-24-10-15)25-13-20-26-12-19(31-20)22(30)28-18(21(29)27-16-6-7-16)8-14-4-2-1-3-5-14/h9-12,14,16,18,25H,1-8,13H2,(H,27,29)(H,28,30). The summed E-state index contributed by atoms with van der Waals surface area (Å²) in [6, 6.07) is 1.57. The van der Waals surface area contributed by atoms with Gasteiger partial charge in [0, 0.05) is 12.2 Å². The molecule has 31 heavy (non-hydrogen) atoms. The lowest BCUT2D eigenvalue weighted by Gasteiger charge is -2.26. The summed E-state index contributed by atoms with van der Waals surface area (Å²) in [5.74, 6) is 0.206. The first-order chi connectivity index (χ1) is 15.1. The lowest BCUT2D eigenvalue weighted by Crippen LogP contribution is -2.48. The van der Waals surface area contributed by atoms with Crippen molar-refractivity contribution in [1.29, 1.82) is 0 Å². The summed E-state index contributed by atoms with van der Waals surface area (Å²) < 4.78 is 0. The lowest BCUT2D eigenvalue weighted by molar-refractivity contribution is -0.123. The van der Waals surface area contributed by atoms with Gasteiger partial charge >= 0.3 is 0 Å². The molecule has 0 bridgehead atoms. The Kier molecular flexibility index (Phi) is 7.40. The number of halogens is 1. The highest BCUT2D eigenvalue weighted by atomic mass is 35.5. The van der Waals surface area contributed by atoms with E-state index in [1.807, 2.05) is 0 Å². The van der Waals surface area contributed by atoms with Crippen LogP contribution in [0.25, 0.3) is 0 Å². The van der Waals surface area contributed by atoms with Gasteiger partial charge in [-0.15, -0.1) is 11.3 Å². The molecule has 2 fully saturated rings. The second-order valence-electron chi connectivity index (χ2n) is 8.41. The fraction of sp³-hybridized carbons (Fsp3) is 0.545. The first-order valence-corrected chi connectivity index (χ1v) is 12.2. The number of nitrogens with one attached hydrogen (secondary N) is 3. The van der Waals surface area contributed by atoms with Gasteiger partial charge in [-0.2, -0.15) is 0 Å². The molecule has 7 nitrogen and oxygen atoms in total. The molecule has 1 atom stereocenters. The van der Waals surface area contributed by atoms with E-state index in [0.29, 0.717) is 28.8 Å². The number of amides is 2. The van der Waals surface area contributed by atoms with E-state index in [9.17, 15) is 9.59 Å². The summed E-state index contributed by atoms with van der Waals surface area (Å²) >= 11 is 7.27. The molecule has 4 rings (SSSR count). The summed E-state index contributed by atoms with van der Waals surface area (Å²) in [6.45, 7) is 0.466. The average Bonchev–Trinajstić information content (AvgIpc) is 3.45. The van der Waals surface area contributed by atoms with Gasteiger partial charge in [-0.1, -0.05) is 43.7 Å². The van der Waals surface area contributed by atoms with Crippen molar-refractivity contribution < 1.29 is 9.59 Å². The van der Waals surface area contributed by atoms with Crippen molar-refractivity contribution in [2.24, 2.45) is 5.92 Å². The first-order valence-electron chi connectivity index (χ1n) is 11.0. The van der Waals surface area contributed by atoms with Crippen LogP contribution in [0.3, 0.4) is 0 Å². The molecular weight excluding hydrogens is 434 g/mol. The number of carbonyl (C=O) groups is 2. The minimum atomic E-state index is -0.489. The zero-order chi connectivity index (χ0) is 21.6. The number of nitrogens with zero attached hydrogens (tertiary/aromatic N) is 2. The molecule has 2 heterocycles. The predicted octanol–water partition coefficient (Wildman–Crippen LogP) is 4.15.